The van der Waals surface area contributed by atoms with E-state index in [9.17, 15) is 0 Å². The van der Waals surface area contributed by atoms with Gasteiger partial charge in [-0.3, -0.25) is 4.98 Å². The molecule has 6 heteroatoms. The van der Waals surface area contributed by atoms with Crippen LogP contribution in [0.4, 0.5) is 11.6 Å². The van der Waals surface area contributed by atoms with Crippen molar-refractivity contribution in [2.24, 2.45) is 0 Å². The average molecular weight is 313 g/mol. The molecule has 122 valence electrons. The predicted octanol–water partition coefficient (Wildman–Crippen LogP) is 2.42. The number of morpholine rings is 1. The highest BCUT2D eigenvalue weighted by Crippen LogP contribution is 2.25. The van der Waals surface area contributed by atoms with E-state index in [1.165, 1.54) is 0 Å². The molecular formula is C17H23N5O. The van der Waals surface area contributed by atoms with Crippen molar-refractivity contribution in [1.82, 2.24) is 15.0 Å². The summed E-state index contributed by atoms with van der Waals surface area (Å²) in [5, 5.41) is 3.17. The fraction of sp³-hybridized carbons (Fsp3) is 0.471. The number of aromatic nitrogens is 3. The van der Waals surface area contributed by atoms with E-state index >= 15 is 0 Å². The highest BCUT2D eigenvalue weighted by molar-refractivity contribution is 5.45. The Kier molecular flexibility index (Phi) is 4.43. The van der Waals surface area contributed by atoms with Gasteiger partial charge in [0.1, 0.15) is 6.10 Å². The maximum atomic E-state index is 5.94. The molecule has 0 spiro atoms. The number of hydrogen-bond acceptors (Lipinski definition) is 6. The molecule has 1 aliphatic heterocycles. The molecule has 1 N–H and O–H groups in total. The van der Waals surface area contributed by atoms with Crippen molar-refractivity contribution >= 4 is 11.6 Å². The van der Waals surface area contributed by atoms with Crippen LogP contribution in [0.2, 0.25) is 0 Å². The molecule has 0 saturated carbocycles. The molecule has 2 aromatic rings. The van der Waals surface area contributed by atoms with Crippen molar-refractivity contribution < 1.29 is 4.74 Å². The van der Waals surface area contributed by atoms with Gasteiger partial charge in [-0.25, -0.2) is 9.97 Å². The van der Waals surface area contributed by atoms with Crippen LogP contribution in [-0.2, 0) is 4.74 Å². The summed E-state index contributed by atoms with van der Waals surface area (Å²) >= 11 is 0. The van der Waals surface area contributed by atoms with Gasteiger partial charge in [0.2, 0.25) is 5.95 Å². The summed E-state index contributed by atoms with van der Waals surface area (Å²) in [4.78, 5) is 15.9. The van der Waals surface area contributed by atoms with Crippen molar-refractivity contribution in [2.75, 3.05) is 37.0 Å². The summed E-state index contributed by atoms with van der Waals surface area (Å²) in [7, 11) is 1.91. The lowest BCUT2D eigenvalue weighted by Crippen LogP contribution is -2.39. The van der Waals surface area contributed by atoms with E-state index in [-0.39, 0.29) is 6.10 Å². The largest absolute Gasteiger partial charge is 0.388 e. The van der Waals surface area contributed by atoms with E-state index in [1.807, 2.05) is 46.0 Å². The number of anilines is 2. The molecule has 1 saturated heterocycles. The molecule has 0 aliphatic carbocycles. The minimum absolute atomic E-state index is 0.0693. The third-order valence-corrected chi connectivity index (χ3v) is 3.91. The van der Waals surface area contributed by atoms with Crippen LogP contribution in [0.1, 0.15) is 28.9 Å². The number of hydrogen-bond donors (Lipinski definition) is 1. The second-order valence-electron chi connectivity index (χ2n) is 5.93. The molecule has 0 aromatic carbocycles. The van der Waals surface area contributed by atoms with E-state index in [2.05, 4.69) is 25.2 Å². The number of ether oxygens (including phenoxy) is 1. The molecule has 0 bridgehead atoms. The number of pyridine rings is 1. The van der Waals surface area contributed by atoms with Gasteiger partial charge in [0.15, 0.2) is 0 Å². The number of aryl methyl sites for hydroxylation is 3. The lowest BCUT2D eigenvalue weighted by atomic mass is 10.1. The molecule has 3 heterocycles. The van der Waals surface area contributed by atoms with E-state index in [1.54, 1.807) is 0 Å². The summed E-state index contributed by atoms with van der Waals surface area (Å²) in [6, 6.07) is 6.06. The zero-order valence-electron chi connectivity index (χ0n) is 14.1. The predicted molar refractivity (Wildman–Crippen MR) is 90.9 cm³/mol. The Bertz CT molecular complexity index is 683. The van der Waals surface area contributed by atoms with Gasteiger partial charge in [0, 0.05) is 36.4 Å². The summed E-state index contributed by atoms with van der Waals surface area (Å²) in [6.45, 7) is 8.14. The van der Waals surface area contributed by atoms with Gasteiger partial charge < -0.3 is 15.0 Å². The minimum atomic E-state index is -0.0693. The normalized spacial score (nSPS) is 18.1. The van der Waals surface area contributed by atoms with Gasteiger partial charge >= 0.3 is 0 Å². The lowest BCUT2D eigenvalue weighted by Gasteiger charge is -2.33. The van der Waals surface area contributed by atoms with Crippen LogP contribution in [-0.4, -0.2) is 41.7 Å². The summed E-state index contributed by atoms with van der Waals surface area (Å²) in [6.07, 6.45) is -0.0693. The van der Waals surface area contributed by atoms with E-state index < -0.39 is 0 Å². The SMILES string of the molecule is CNc1cc(C)nc([C@@H]2CN(c3nc(C)cc(C)n3)CCO2)c1. The van der Waals surface area contributed by atoms with Crippen molar-refractivity contribution in [3.05, 3.63) is 41.0 Å². The highest BCUT2D eigenvalue weighted by Gasteiger charge is 2.25. The maximum Gasteiger partial charge on any atom is 0.225 e. The standard InChI is InChI=1S/C17H23N5O/c1-11-7-12(2)21-17(20-11)22-5-6-23-16(10-22)15-9-14(18-4)8-13(3)19-15/h7-9,16H,5-6,10H2,1-4H3,(H,18,19)/t16-/m0/s1. The topological polar surface area (TPSA) is 63.2 Å². The van der Waals surface area contributed by atoms with E-state index in [0.717, 1.165) is 41.0 Å². The minimum Gasteiger partial charge on any atom is -0.388 e. The second-order valence-corrected chi connectivity index (χ2v) is 5.93. The Labute approximate surface area is 136 Å². The molecule has 3 rings (SSSR count). The van der Waals surface area contributed by atoms with Gasteiger partial charge in [0.05, 0.1) is 18.8 Å². The summed E-state index contributed by atoms with van der Waals surface area (Å²) in [5.74, 6) is 0.775. The molecule has 6 nitrogen and oxygen atoms in total. The summed E-state index contributed by atoms with van der Waals surface area (Å²) < 4.78 is 5.94. The molecular weight excluding hydrogens is 290 g/mol. The Morgan fingerprint density at radius 1 is 1.04 bits per heavy atom. The van der Waals surface area contributed by atoms with Crippen LogP contribution in [0.25, 0.3) is 0 Å². The lowest BCUT2D eigenvalue weighted by molar-refractivity contribution is 0.0364. The van der Waals surface area contributed by atoms with Crippen LogP contribution in [0.15, 0.2) is 18.2 Å². The van der Waals surface area contributed by atoms with Crippen molar-refractivity contribution in [3.63, 3.8) is 0 Å². The Balaban J connectivity index is 1.84. The van der Waals surface area contributed by atoms with Gasteiger partial charge in [-0.05, 0) is 39.0 Å². The second kappa shape index (κ2) is 6.50. The Hall–Kier alpha value is -2.21. The first-order valence-corrected chi connectivity index (χ1v) is 7.90. The zero-order valence-corrected chi connectivity index (χ0v) is 14.1. The molecule has 1 atom stereocenters. The first-order chi connectivity index (χ1) is 11.0. The van der Waals surface area contributed by atoms with Gasteiger partial charge in [0.25, 0.3) is 0 Å². The van der Waals surface area contributed by atoms with Crippen LogP contribution >= 0.6 is 0 Å². The molecule has 1 aliphatic rings. The van der Waals surface area contributed by atoms with E-state index in [4.69, 9.17) is 4.74 Å². The van der Waals surface area contributed by atoms with Crippen molar-refractivity contribution in [2.45, 2.75) is 26.9 Å². The van der Waals surface area contributed by atoms with Crippen molar-refractivity contribution in [1.29, 1.82) is 0 Å². The van der Waals surface area contributed by atoms with Gasteiger partial charge in [-0.2, -0.15) is 0 Å². The van der Waals surface area contributed by atoms with Gasteiger partial charge in [-0.1, -0.05) is 0 Å². The molecule has 0 radical (unpaired) electrons. The number of nitrogens with one attached hydrogen (secondary N) is 1. The molecule has 0 unspecified atom stereocenters. The first-order valence-electron chi connectivity index (χ1n) is 7.90. The third kappa shape index (κ3) is 3.59. The Morgan fingerprint density at radius 2 is 1.74 bits per heavy atom. The quantitative estimate of drug-likeness (QED) is 0.939. The zero-order chi connectivity index (χ0) is 16.4. The van der Waals surface area contributed by atoms with Crippen LogP contribution in [0.5, 0.6) is 0 Å². The van der Waals surface area contributed by atoms with Gasteiger partial charge in [-0.15, -0.1) is 0 Å². The monoisotopic (exact) mass is 313 g/mol. The summed E-state index contributed by atoms with van der Waals surface area (Å²) in [5.41, 5.74) is 4.96. The molecule has 2 aromatic heterocycles. The van der Waals surface area contributed by atoms with Crippen LogP contribution in [0.3, 0.4) is 0 Å². The highest BCUT2D eigenvalue weighted by atomic mass is 16.5. The van der Waals surface area contributed by atoms with Crippen molar-refractivity contribution in [3.8, 4) is 0 Å². The van der Waals surface area contributed by atoms with Crippen LogP contribution in [0, 0.1) is 20.8 Å². The molecule has 0 amide bonds. The number of rotatable bonds is 3. The fourth-order valence-electron chi connectivity index (χ4n) is 2.86. The Morgan fingerprint density at radius 3 is 2.43 bits per heavy atom. The molecule has 1 fully saturated rings. The van der Waals surface area contributed by atoms with Crippen LogP contribution < -0.4 is 10.2 Å². The average Bonchev–Trinajstić information content (AvgIpc) is 2.53. The number of nitrogens with zero attached hydrogens (tertiary/aromatic N) is 4. The van der Waals surface area contributed by atoms with E-state index in [0.29, 0.717) is 13.2 Å². The smallest absolute Gasteiger partial charge is 0.225 e. The fourth-order valence-corrected chi connectivity index (χ4v) is 2.86. The first kappa shape index (κ1) is 15.7. The third-order valence-electron chi connectivity index (χ3n) is 3.91. The maximum absolute atomic E-state index is 5.94. The molecule has 23 heavy (non-hydrogen) atoms.